The molecule has 0 radical (unpaired) electrons. The molecular weight excluding hydrogens is 276 g/mol. The van der Waals surface area contributed by atoms with Crippen molar-refractivity contribution in [1.29, 1.82) is 0 Å². The van der Waals surface area contributed by atoms with E-state index >= 15 is 0 Å². The zero-order valence-corrected chi connectivity index (χ0v) is 10.2. The fraction of sp³-hybridized carbons (Fsp3) is 0.0833. The van der Waals surface area contributed by atoms with Crippen LogP contribution in [-0.2, 0) is 6.42 Å². The first-order valence-corrected chi connectivity index (χ1v) is 6.11. The quantitative estimate of drug-likeness (QED) is 0.491. The molecule has 0 atom stereocenters. The topological polar surface area (TPSA) is 60.2 Å². The minimum Gasteiger partial charge on any atom is -0.294 e. The van der Waals surface area contributed by atoms with Crippen molar-refractivity contribution >= 4 is 22.8 Å². The summed E-state index contributed by atoms with van der Waals surface area (Å²) in [6, 6.07) is 2.81. The van der Waals surface area contributed by atoms with Gasteiger partial charge in [-0.25, -0.2) is 4.39 Å². The Labute approximate surface area is 110 Å². The smallest absolute Gasteiger partial charge is 0.294 e. The van der Waals surface area contributed by atoms with Crippen molar-refractivity contribution in [2.24, 2.45) is 0 Å². The third-order valence-corrected chi connectivity index (χ3v) is 3.19. The van der Waals surface area contributed by atoms with Crippen LogP contribution in [0.5, 0.6) is 0 Å². The van der Waals surface area contributed by atoms with E-state index in [-0.39, 0.29) is 6.42 Å². The van der Waals surface area contributed by atoms with E-state index < -0.39 is 33.6 Å². The van der Waals surface area contributed by atoms with Gasteiger partial charge >= 0.3 is 5.69 Å². The molecule has 0 aliphatic carbocycles. The standard InChI is InChI=1S/C12H7F2NO3S/c13-8-4-9(12(14)10(5-8)15(17)18)11(16)3-7-1-2-19-6-7/h1-2,4-6H,3H2. The Morgan fingerprint density at radius 3 is 2.68 bits per heavy atom. The maximum atomic E-state index is 13.8. The van der Waals surface area contributed by atoms with E-state index in [2.05, 4.69) is 0 Å². The van der Waals surface area contributed by atoms with E-state index in [9.17, 15) is 23.7 Å². The number of benzene rings is 1. The number of hydrogen-bond acceptors (Lipinski definition) is 4. The minimum absolute atomic E-state index is 0.124. The largest absolute Gasteiger partial charge is 0.308 e. The highest BCUT2D eigenvalue weighted by molar-refractivity contribution is 7.08. The molecule has 0 N–H and O–H groups in total. The van der Waals surface area contributed by atoms with Crippen LogP contribution in [0.1, 0.15) is 15.9 Å². The van der Waals surface area contributed by atoms with E-state index in [0.29, 0.717) is 17.7 Å². The molecule has 2 aromatic rings. The number of halogens is 2. The van der Waals surface area contributed by atoms with E-state index in [1.807, 2.05) is 0 Å². The van der Waals surface area contributed by atoms with Crippen LogP contribution in [0, 0.1) is 21.7 Å². The number of hydrogen-bond donors (Lipinski definition) is 0. The molecule has 0 aliphatic rings. The molecule has 0 fully saturated rings. The van der Waals surface area contributed by atoms with Crippen molar-refractivity contribution in [3.63, 3.8) is 0 Å². The van der Waals surface area contributed by atoms with Crippen molar-refractivity contribution < 1.29 is 18.5 Å². The molecule has 1 aromatic carbocycles. The van der Waals surface area contributed by atoms with Gasteiger partial charge < -0.3 is 0 Å². The second kappa shape index (κ2) is 5.23. The molecule has 1 heterocycles. The number of nitro groups is 1. The summed E-state index contributed by atoms with van der Waals surface area (Å²) in [7, 11) is 0. The van der Waals surface area contributed by atoms with Crippen LogP contribution in [-0.4, -0.2) is 10.7 Å². The number of rotatable bonds is 4. The van der Waals surface area contributed by atoms with Gasteiger partial charge in [-0.05, 0) is 28.5 Å². The number of ketones is 1. The van der Waals surface area contributed by atoms with Crippen molar-refractivity contribution in [1.82, 2.24) is 0 Å². The Balaban J connectivity index is 2.39. The van der Waals surface area contributed by atoms with E-state index in [1.54, 1.807) is 16.8 Å². The summed E-state index contributed by atoms with van der Waals surface area (Å²) in [5.41, 5.74) is -0.979. The highest BCUT2D eigenvalue weighted by Crippen LogP contribution is 2.24. The molecular formula is C12H7F2NO3S. The van der Waals surface area contributed by atoms with Crippen molar-refractivity contribution in [3.8, 4) is 0 Å². The predicted molar refractivity (Wildman–Crippen MR) is 65.4 cm³/mol. The molecule has 98 valence electrons. The monoisotopic (exact) mass is 283 g/mol. The maximum Gasteiger partial charge on any atom is 0.308 e. The molecule has 0 bridgehead atoms. The molecule has 0 saturated heterocycles. The van der Waals surface area contributed by atoms with Gasteiger partial charge in [-0.15, -0.1) is 0 Å². The molecule has 4 nitrogen and oxygen atoms in total. The van der Waals surface area contributed by atoms with Crippen LogP contribution in [0.15, 0.2) is 29.0 Å². The summed E-state index contributed by atoms with van der Waals surface area (Å²) < 4.78 is 26.9. The Morgan fingerprint density at radius 1 is 1.37 bits per heavy atom. The summed E-state index contributed by atoms with van der Waals surface area (Å²) in [4.78, 5) is 21.3. The summed E-state index contributed by atoms with van der Waals surface area (Å²) in [6.45, 7) is 0. The summed E-state index contributed by atoms with van der Waals surface area (Å²) in [6.07, 6.45) is -0.124. The Kier molecular flexibility index (Phi) is 3.66. The lowest BCUT2D eigenvalue weighted by Gasteiger charge is -2.03. The molecule has 1 aromatic heterocycles. The first kappa shape index (κ1) is 13.3. The summed E-state index contributed by atoms with van der Waals surface area (Å²) in [5, 5.41) is 14.0. The maximum absolute atomic E-state index is 13.8. The van der Waals surface area contributed by atoms with Gasteiger partial charge in [0.2, 0.25) is 5.82 Å². The fourth-order valence-corrected chi connectivity index (χ4v) is 2.25. The lowest BCUT2D eigenvalue weighted by Crippen LogP contribution is -2.08. The number of Topliss-reactive ketones (excluding diaryl/α,β-unsaturated/α-hetero) is 1. The van der Waals surface area contributed by atoms with Crippen LogP contribution >= 0.6 is 11.3 Å². The Morgan fingerprint density at radius 2 is 2.11 bits per heavy atom. The third kappa shape index (κ3) is 2.82. The van der Waals surface area contributed by atoms with Crippen LogP contribution in [0.25, 0.3) is 0 Å². The zero-order chi connectivity index (χ0) is 14.0. The molecule has 2 rings (SSSR count). The van der Waals surface area contributed by atoms with E-state index in [0.717, 1.165) is 0 Å². The first-order chi connectivity index (χ1) is 8.99. The lowest BCUT2D eigenvalue weighted by atomic mass is 10.0. The number of thiophene rings is 1. The van der Waals surface area contributed by atoms with Crippen LogP contribution < -0.4 is 0 Å². The highest BCUT2D eigenvalue weighted by atomic mass is 32.1. The zero-order valence-electron chi connectivity index (χ0n) is 9.43. The van der Waals surface area contributed by atoms with Gasteiger partial charge in [0.15, 0.2) is 5.78 Å². The molecule has 0 spiro atoms. The normalized spacial score (nSPS) is 10.4. The lowest BCUT2D eigenvalue weighted by molar-refractivity contribution is -0.387. The van der Waals surface area contributed by atoms with Crippen molar-refractivity contribution in [2.75, 3.05) is 0 Å². The van der Waals surface area contributed by atoms with Gasteiger partial charge in [-0.2, -0.15) is 15.7 Å². The number of nitrogens with zero attached hydrogens (tertiary/aromatic N) is 1. The molecule has 0 unspecified atom stereocenters. The summed E-state index contributed by atoms with van der Waals surface area (Å²) >= 11 is 1.36. The van der Waals surface area contributed by atoms with Crippen LogP contribution in [0.2, 0.25) is 0 Å². The van der Waals surface area contributed by atoms with E-state index in [1.165, 1.54) is 11.3 Å². The van der Waals surface area contributed by atoms with Gasteiger partial charge in [0, 0.05) is 6.42 Å². The predicted octanol–water partition coefficient (Wildman–Crippen LogP) is 3.36. The van der Waals surface area contributed by atoms with Crippen LogP contribution in [0.3, 0.4) is 0 Å². The Hall–Kier alpha value is -2.15. The van der Waals surface area contributed by atoms with Crippen LogP contribution in [0.4, 0.5) is 14.5 Å². The van der Waals surface area contributed by atoms with Gasteiger partial charge in [0.05, 0.1) is 16.6 Å². The fourth-order valence-electron chi connectivity index (χ4n) is 1.58. The second-order valence-electron chi connectivity index (χ2n) is 3.78. The van der Waals surface area contributed by atoms with Crippen molar-refractivity contribution in [2.45, 2.75) is 6.42 Å². The van der Waals surface area contributed by atoms with Gasteiger partial charge in [-0.1, -0.05) is 0 Å². The van der Waals surface area contributed by atoms with Gasteiger partial charge in [-0.3, -0.25) is 14.9 Å². The number of carbonyl (C=O) groups excluding carboxylic acids is 1. The van der Waals surface area contributed by atoms with Gasteiger partial charge in [0.25, 0.3) is 0 Å². The number of carbonyl (C=O) groups is 1. The average molecular weight is 283 g/mol. The molecule has 7 heteroatoms. The second-order valence-corrected chi connectivity index (χ2v) is 4.56. The number of nitro benzene ring substituents is 1. The molecule has 0 amide bonds. The summed E-state index contributed by atoms with van der Waals surface area (Å²) in [5.74, 6) is -3.01. The third-order valence-electron chi connectivity index (χ3n) is 2.46. The average Bonchev–Trinajstić information content (AvgIpc) is 2.84. The van der Waals surface area contributed by atoms with E-state index in [4.69, 9.17) is 0 Å². The minimum atomic E-state index is -1.30. The highest BCUT2D eigenvalue weighted by Gasteiger charge is 2.24. The molecule has 19 heavy (non-hydrogen) atoms. The molecule has 0 aliphatic heterocycles. The molecule has 0 saturated carbocycles. The SMILES string of the molecule is O=C(Cc1ccsc1)c1cc(F)cc([N+](=O)[O-])c1F. The van der Waals surface area contributed by atoms with Gasteiger partial charge in [0.1, 0.15) is 5.82 Å². The Bertz CT molecular complexity index is 641. The first-order valence-electron chi connectivity index (χ1n) is 5.16. The van der Waals surface area contributed by atoms with Crippen molar-refractivity contribution in [3.05, 3.63) is 61.8 Å².